The second kappa shape index (κ2) is 10.1. The van der Waals surface area contributed by atoms with Gasteiger partial charge in [0.05, 0.1) is 11.8 Å². The van der Waals surface area contributed by atoms with Crippen LogP contribution in [0.3, 0.4) is 0 Å². The van der Waals surface area contributed by atoms with E-state index in [9.17, 15) is 24.0 Å². The van der Waals surface area contributed by atoms with Crippen LogP contribution in [0.2, 0.25) is 0 Å². The number of amides is 3. The highest BCUT2D eigenvalue weighted by Gasteiger charge is 2.63. The molecule has 8 heteroatoms. The van der Waals surface area contributed by atoms with Gasteiger partial charge in [0.2, 0.25) is 11.8 Å². The number of likely N-dealkylation sites (tertiary alicyclic amines) is 1. The molecule has 7 rings (SSSR count). The van der Waals surface area contributed by atoms with E-state index in [1.807, 2.05) is 48.5 Å². The summed E-state index contributed by atoms with van der Waals surface area (Å²) in [6, 6.07) is 21.2. The Labute approximate surface area is 237 Å². The first-order valence-electron chi connectivity index (χ1n) is 13.8. The van der Waals surface area contributed by atoms with Gasteiger partial charge in [-0.1, -0.05) is 74.5 Å². The van der Waals surface area contributed by atoms with Gasteiger partial charge in [-0.15, -0.1) is 0 Å². The Morgan fingerprint density at radius 3 is 1.78 bits per heavy atom. The summed E-state index contributed by atoms with van der Waals surface area (Å²) >= 11 is 0. The maximum Gasteiger partial charge on any atom is 0.330 e. The lowest BCUT2D eigenvalue weighted by Crippen LogP contribution is -2.49. The van der Waals surface area contributed by atoms with Gasteiger partial charge in [0.25, 0.3) is 5.91 Å². The summed E-state index contributed by atoms with van der Waals surface area (Å²) in [4.78, 5) is 66.8. The molecule has 0 aromatic heterocycles. The number of ether oxygens (including phenoxy) is 1. The lowest BCUT2D eigenvalue weighted by molar-refractivity contribution is -0.162. The second-order valence-electron chi connectivity index (χ2n) is 11.3. The van der Waals surface area contributed by atoms with Crippen LogP contribution in [-0.4, -0.2) is 47.0 Å². The van der Waals surface area contributed by atoms with Gasteiger partial charge >= 0.3 is 5.97 Å². The maximum atomic E-state index is 14.1. The molecular formula is C33H30N2O6. The number of anilines is 1. The van der Waals surface area contributed by atoms with Crippen molar-refractivity contribution in [2.45, 2.75) is 38.6 Å². The van der Waals surface area contributed by atoms with Gasteiger partial charge in [-0.05, 0) is 47.2 Å². The number of hydrogen-bond donors (Lipinski definition) is 1. The van der Waals surface area contributed by atoms with Crippen LogP contribution in [0, 0.1) is 17.8 Å². The normalized spacial score (nSPS) is 22.6. The van der Waals surface area contributed by atoms with E-state index in [0.717, 1.165) is 27.2 Å². The Hall–Kier alpha value is -4.59. The van der Waals surface area contributed by atoms with Gasteiger partial charge in [0, 0.05) is 23.1 Å². The summed E-state index contributed by atoms with van der Waals surface area (Å²) in [5.41, 5.74) is 5.03. The summed E-state index contributed by atoms with van der Waals surface area (Å²) in [6.45, 7) is 4.33. The molecule has 3 aliphatic carbocycles. The van der Waals surface area contributed by atoms with Crippen LogP contribution in [0.1, 0.15) is 65.2 Å². The molecule has 8 nitrogen and oxygen atoms in total. The molecule has 0 spiro atoms. The average molecular weight is 551 g/mol. The molecule has 1 aliphatic heterocycles. The molecule has 1 saturated heterocycles. The predicted molar refractivity (Wildman–Crippen MR) is 150 cm³/mol. The number of rotatable bonds is 7. The molecule has 1 heterocycles. The van der Waals surface area contributed by atoms with E-state index in [-0.39, 0.29) is 29.4 Å². The molecule has 1 N–H and O–H groups in total. The van der Waals surface area contributed by atoms with E-state index in [4.69, 9.17) is 4.74 Å². The van der Waals surface area contributed by atoms with Gasteiger partial charge in [0.1, 0.15) is 6.04 Å². The monoisotopic (exact) mass is 550 g/mol. The van der Waals surface area contributed by atoms with Gasteiger partial charge in [-0.2, -0.15) is 0 Å². The quantitative estimate of drug-likeness (QED) is 0.267. The third-order valence-corrected chi connectivity index (χ3v) is 8.53. The molecule has 3 aromatic rings. The van der Waals surface area contributed by atoms with Crippen LogP contribution in [0.25, 0.3) is 0 Å². The maximum absolute atomic E-state index is 14.1. The van der Waals surface area contributed by atoms with Crippen molar-refractivity contribution in [1.82, 2.24) is 4.90 Å². The van der Waals surface area contributed by atoms with Crippen molar-refractivity contribution >= 4 is 35.2 Å². The molecule has 3 aromatic carbocycles. The zero-order valence-corrected chi connectivity index (χ0v) is 23.0. The summed E-state index contributed by atoms with van der Waals surface area (Å²) in [6.07, 6.45) is 0. The van der Waals surface area contributed by atoms with E-state index in [1.54, 1.807) is 32.0 Å². The van der Waals surface area contributed by atoms with Crippen LogP contribution in [0.5, 0.6) is 0 Å². The lowest BCUT2D eigenvalue weighted by Gasteiger charge is -2.45. The highest BCUT2D eigenvalue weighted by atomic mass is 16.5. The van der Waals surface area contributed by atoms with Gasteiger partial charge in [-0.3, -0.25) is 24.1 Å². The SMILES string of the molecule is CC(=O)c1cccc(NC(=O)COC(=O)[C@@H](C(C)C)N2C(=O)[C@@H]3C4c5ccccc5C(c5ccccc54)[C@@H]3C2=O)c1. The van der Waals surface area contributed by atoms with Crippen LogP contribution in [0.4, 0.5) is 5.69 Å². The Bertz CT molecular complexity index is 1490. The summed E-state index contributed by atoms with van der Waals surface area (Å²) in [7, 11) is 0. The van der Waals surface area contributed by atoms with Crippen LogP contribution in [-0.2, 0) is 23.9 Å². The number of nitrogens with one attached hydrogen (secondary N) is 1. The molecule has 4 aliphatic rings. The van der Waals surface area contributed by atoms with E-state index >= 15 is 0 Å². The fourth-order valence-electron chi connectivity index (χ4n) is 6.89. The van der Waals surface area contributed by atoms with Crippen LogP contribution < -0.4 is 5.32 Å². The molecule has 1 fully saturated rings. The molecule has 41 heavy (non-hydrogen) atoms. The third-order valence-electron chi connectivity index (χ3n) is 8.53. The minimum absolute atomic E-state index is 0.146. The minimum atomic E-state index is -1.17. The Morgan fingerprint density at radius 1 is 0.805 bits per heavy atom. The summed E-state index contributed by atoms with van der Waals surface area (Å²) in [5, 5.41) is 2.61. The number of carbonyl (C=O) groups excluding carboxylic acids is 5. The Morgan fingerprint density at radius 2 is 1.32 bits per heavy atom. The van der Waals surface area contributed by atoms with E-state index < -0.39 is 42.3 Å². The number of esters is 1. The number of carbonyl (C=O) groups is 5. The molecule has 0 radical (unpaired) electrons. The highest BCUT2D eigenvalue weighted by Crippen LogP contribution is 2.61. The fourth-order valence-corrected chi connectivity index (χ4v) is 6.89. The number of imide groups is 1. The summed E-state index contributed by atoms with van der Waals surface area (Å²) < 4.78 is 5.37. The number of nitrogens with zero attached hydrogens (tertiary/aromatic N) is 1. The minimum Gasteiger partial charge on any atom is -0.454 e. The topological polar surface area (TPSA) is 110 Å². The van der Waals surface area contributed by atoms with Crippen molar-refractivity contribution in [1.29, 1.82) is 0 Å². The number of benzene rings is 3. The van der Waals surface area contributed by atoms with Crippen LogP contribution >= 0.6 is 0 Å². The number of hydrogen-bond acceptors (Lipinski definition) is 6. The first-order valence-corrected chi connectivity index (χ1v) is 13.8. The Kier molecular flexibility index (Phi) is 6.56. The van der Waals surface area contributed by atoms with Crippen molar-refractivity contribution in [3.8, 4) is 0 Å². The second-order valence-corrected chi connectivity index (χ2v) is 11.3. The first-order chi connectivity index (χ1) is 19.7. The molecule has 0 unspecified atom stereocenters. The van der Waals surface area contributed by atoms with E-state index in [2.05, 4.69) is 5.32 Å². The van der Waals surface area contributed by atoms with Crippen molar-refractivity contribution in [3.63, 3.8) is 0 Å². The highest BCUT2D eigenvalue weighted by molar-refractivity contribution is 6.10. The van der Waals surface area contributed by atoms with Crippen LogP contribution in [0.15, 0.2) is 72.8 Å². The number of Topliss-reactive ketones (excluding diaryl/α,β-unsaturated/α-hetero) is 1. The number of ketones is 1. The van der Waals surface area contributed by atoms with Gasteiger partial charge in [-0.25, -0.2) is 4.79 Å². The van der Waals surface area contributed by atoms with E-state index in [1.165, 1.54) is 13.0 Å². The molecule has 3 amide bonds. The lowest BCUT2D eigenvalue weighted by atomic mass is 9.55. The molecule has 2 bridgehead atoms. The zero-order chi connectivity index (χ0) is 29.0. The van der Waals surface area contributed by atoms with Crippen molar-refractivity contribution in [3.05, 3.63) is 101 Å². The van der Waals surface area contributed by atoms with E-state index in [0.29, 0.717) is 11.3 Å². The zero-order valence-electron chi connectivity index (χ0n) is 23.0. The van der Waals surface area contributed by atoms with Crippen molar-refractivity contribution < 1.29 is 28.7 Å². The average Bonchev–Trinajstić information content (AvgIpc) is 3.22. The Balaban J connectivity index is 1.24. The van der Waals surface area contributed by atoms with Gasteiger partial charge < -0.3 is 10.1 Å². The molecular weight excluding hydrogens is 520 g/mol. The predicted octanol–water partition coefficient (Wildman–Crippen LogP) is 4.29. The van der Waals surface area contributed by atoms with Crippen molar-refractivity contribution in [2.24, 2.45) is 17.8 Å². The van der Waals surface area contributed by atoms with Crippen molar-refractivity contribution in [2.75, 3.05) is 11.9 Å². The largest absolute Gasteiger partial charge is 0.454 e. The smallest absolute Gasteiger partial charge is 0.330 e. The fraction of sp³-hybridized carbons (Fsp3) is 0.303. The van der Waals surface area contributed by atoms with Gasteiger partial charge in [0.15, 0.2) is 12.4 Å². The standard InChI is InChI=1S/C33H30N2O6/c1-17(2)30(33(40)41-16-25(37)34-20-10-8-9-19(15-20)18(3)36)35-31(38)28-26-21-11-4-5-12-22(21)27(29(28)32(35)39)24-14-7-6-13-23(24)26/h4-15,17,26-30H,16H2,1-3H3,(H,34,37)/t26?,27?,28-,29+,30-/m1/s1. The molecule has 208 valence electrons. The molecule has 0 saturated carbocycles. The summed E-state index contributed by atoms with van der Waals surface area (Å²) in [5.74, 6) is -4.51. The first kappa shape index (κ1) is 26.6. The third kappa shape index (κ3) is 4.25. The molecule has 3 atom stereocenters.